The maximum absolute atomic E-state index is 12.4. The Morgan fingerprint density at radius 3 is 2.29 bits per heavy atom. The Morgan fingerprint density at radius 1 is 1.18 bits per heavy atom. The molecule has 90 valence electrons. The highest BCUT2D eigenvalue weighted by atomic mass is 19.4. The summed E-state index contributed by atoms with van der Waals surface area (Å²) in [6, 6.07) is 5.02. The van der Waals surface area contributed by atoms with Crippen LogP contribution in [0.1, 0.15) is 18.3 Å². The third-order valence-electron chi connectivity index (χ3n) is 2.49. The van der Waals surface area contributed by atoms with Gasteiger partial charge in [-0.25, -0.2) is 4.98 Å². The Labute approximate surface area is 96.5 Å². The topological polar surface area (TPSA) is 28.7 Å². The van der Waals surface area contributed by atoms with E-state index in [1.54, 1.807) is 6.20 Å². The van der Waals surface area contributed by atoms with E-state index in [0.29, 0.717) is 5.56 Å². The van der Waals surface area contributed by atoms with Gasteiger partial charge in [-0.05, 0) is 17.7 Å². The molecule has 0 fully saturated rings. The standard InChI is InChI=1S/C12H11F3N2/c1-2-11-16-7-10(17-11)8-3-5-9(6-4-8)12(13,14)15/h3-7H,2H2,1H3,(H,16,17). The van der Waals surface area contributed by atoms with E-state index < -0.39 is 11.7 Å². The van der Waals surface area contributed by atoms with Crippen molar-refractivity contribution in [3.05, 3.63) is 41.9 Å². The van der Waals surface area contributed by atoms with Crippen molar-refractivity contribution < 1.29 is 13.2 Å². The van der Waals surface area contributed by atoms with Crippen LogP contribution < -0.4 is 0 Å². The molecule has 2 nitrogen and oxygen atoms in total. The van der Waals surface area contributed by atoms with Crippen LogP contribution in [-0.2, 0) is 12.6 Å². The Balaban J connectivity index is 2.29. The minimum atomic E-state index is -4.29. The zero-order valence-electron chi connectivity index (χ0n) is 9.17. The molecule has 0 aliphatic heterocycles. The zero-order chi connectivity index (χ0) is 12.5. The molecule has 1 aromatic heterocycles. The summed E-state index contributed by atoms with van der Waals surface area (Å²) in [4.78, 5) is 7.15. The summed E-state index contributed by atoms with van der Waals surface area (Å²) in [5.41, 5.74) is 0.789. The number of nitrogens with zero attached hydrogens (tertiary/aromatic N) is 1. The lowest BCUT2D eigenvalue weighted by atomic mass is 10.1. The highest BCUT2D eigenvalue weighted by Crippen LogP contribution is 2.30. The van der Waals surface area contributed by atoms with Crippen molar-refractivity contribution >= 4 is 0 Å². The van der Waals surface area contributed by atoms with E-state index in [2.05, 4.69) is 9.97 Å². The number of alkyl halides is 3. The van der Waals surface area contributed by atoms with Crippen molar-refractivity contribution in [2.24, 2.45) is 0 Å². The normalized spacial score (nSPS) is 11.8. The van der Waals surface area contributed by atoms with Crippen LogP contribution in [0.5, 0.6) is 0 Å². The van der Waals surface area contributed by atoms with Gasteiger partial charge in [0.05, 0.1) is 17.5 Å². The number of halogens is 3. The van der Waals surface area contributed by atoms with Gasteiger partial charge >= 0.3 is 6.18 Å². The van der Waals surface area contributed by atoms with E-state index >= 15 is 0 Å². The number of hydrogen-bond donors (Lipinski definition) is 1. The van der Waals surface area contributed by atoms with Crippen LogP contribution in [-0.4, -0.2) is 9.97 Å². The van der Waals surface area contributed by atoms with E-state index in [0.717, 1.165) is 30.1 Å². The van der Waals surface area contributed by atoms with Gasteiger partial charge in [-0.1, -0.05) is 19.1 Å². The van der Waals surface area contributed by atoms with E-state index in [9.17, 15) is 13.2 Å². The maximum atomic E-state index is 12.4. The molecule has 2 rings (SSSR count). The second-order valence-corrected chi connectivity index (χ2v) is 3.67. The molecular formula is C12H11F3N2. The predicted octanol–water partition coefficient (Wildman–Crippen LogP) is 3.66. The van der Waals surface area contributed by atoms with Crippen LogP contribution in [0.2, 0.25) is 0 Å². The number of benzene rings is 1. The molecule has 17 heavy (non-hydrogen) atoms. The smallest absolute Gasteiger partial charge is 0.342 e. The molecule has 1 N–H and O–H groups in total. The molecule has 1 aromatic carbocycles. The molecule has 0 amide bonds. The molecule has 0 unspecified atom stereocenters. The number of nitrogens with one attached hydrogen (secondary N) is 1. The summed E-state index contributed by atoms with van der Waals surface area (Å²) in [7, 11) is 0. The van der Waals surface area contributed by atoms with Gasteiger partial charge in [0.1, 0.15) is 5.82 Å². The van der Waals surface area contributed by atoms with Crippen molar-refractivity contribution in [3.63, 3.8) is 0 Å². The lowest BCUT2D eigenvalue weighted by Gasteiger charge is -2.06. The molecule has 0 saturated carbocycles. The summed E-state index contributed by atoms with van der Waals surface area (Å²) in [5, 5.41) is 0. The van der Waals surface area contributed by atoms with Gasteiger partial charge in [-0.2, -0.15) is 13.2 Å². The van der Waals surface area contributed by atoms with Crippen LogP contribution in [0, 0.1) is 0 Å². The van der Waals surface area contributed by atoms with Crippen molar-refractivity contribution in [2.45, 2.75) is 19.5 Å². The molecule has 0 saturated heterocycles. The van der Waals surface area contributed by atoms with Gasteiger partial charge in [0.15, 0.2) is 0 Å². The summed E-state index contributed by atoms with van der Waals surface area (Å²) in [6.07, 6.45) is -1.90. The number of imidazole rings is 1. The number of aromatic amines is 1. The quantitative estimate of drug-likeness (QED) is 0.852. The molecular weight excluding hydrogens is 229 g/mol. The van der Waals surface area contributed by atoms with Crippen LogP contribution in [0.3, 0.4) is 0 Å². The fourth-order valence-corrected chi connectivity index (χ4v) is 1.53. The highest BCUT2D eigenvalue weighted by molar-refractivity contribution is 5.58. The molecule has 5 heteroatoms. The molecule has 1 heterocycles. The van der Waals surface area contributed by atoms with Crippen molar-refractivity contribution in [1.29, 1.82) is 0 Å². The van der Waals surface area contributed by atoms with Gasteiger partial charge in [0.25, 0.3) is 0 Å². The van der Waals surface area contributed by atoms with Crippen LogP contribution in [0.25, 0.3) is 11.3 Å². The monoisotopic (exact) mass is 240 g/mol. The Bertz CT molecular complexity index is 497. The van der Waals surface area contributed by atoms with Crippen LogP contribution in [0.15, 0.2) is 30.5 Å². The first-order valence-electron chi connectivity index (χ1n) is 5.22. The largest absolute Gasteiger partial charge is 0.416 e. The van der Waals surface area contributed by atoms with Gasteiger partial charge in [-0.15, -0.1) is 0 Å². The van der Waals surface area contributed by atoms with Gasteiger partial charge in [-0.3, -0.25) is 0 Å². The first kappa shape index (κ1) is 11.7. The van der Waals surface area contributed by atoms with Gasteiger partial charge in [0.2, 0.25) is 0 Å². The molecule has 0 atom stereocenters. The minimum Gasteiger partial charge on any atom is -0.342 e. The first-order chi connectivity index (χ1) is 8.00. The van der Waals surface area contributed by atoms with Crippen LogP contribution >= 0.6 is 0 Å². The van der Waals surface area contributed by atoms with Crippen molar-refractivity contribution in [1.82, 2.24) is 9.97 Å². The van der Waals surface area contributed by atoms with E-state index in [-0.39, 0.29) is 0 Å². The first-order valence-corrected chi connectivity index (χ1v) is 5.22. The van der Waals surface area contributed by atoms with Crippen LogP contribution in [0.4, 0.5) is 13.2 Å². The highest BCUT2D eigenvalue weighted by Gasteiger charge is 2.29. The summed E-state index contributed by atoms with van der Waals surface area (Å²) >= 11 is 0. The van der Waals surface area contributed by atoms with Gasteiger partial charge in [0, 0.05) is 6.42 Å². The van der Waals surface area contributed by atoms with E-state index in [1.807, 2.05) is 6.92 Å². The lowest BCUT2D eigenvalue weighted by Crippen LogP contribution is -2.03. The minimum absolute atomic E-state index is 0.642. The Morgan fingerprint density at radius 2 is 1.82 bits per heavy atom. The molecule has 0 spiro atoms. The zero-order valence-corrected chi connectivity index (χ0v) is 9.17. The number of aromatic nitrogens is 2. The lowest BCUT2D eigenvalue weighted by molar-refractivity contribution is -0.137. The molecule has 0 aliphatic rings. The second kappa shape index (κ2) is 4.24. The summed E-state index contributed by atoms with van der Waals surface area (Å²) in [5.74, 6) is 0.819. The van der Waals surface area contributed by atoms with Gasteiger partial charge < -0.3 is 4.98 Å². The summed E-state index contributed by atoms with van der Waals surface area (Å²) < 4.78 is 37.1. The average molecular weight is 240 g/mol. The van der Waals surface area contributed by atoms with E-state index in [4.69, 9.17) is 0 Å². The predicted molar refractivity (Wildman–Crippen MR) is 58.4 cm³/mol. The fraction of sp³-hybridized carbons (Fsp3) is 0.250. The van der Waals surface area contributed by atoms with Crippen molar-refractivity contribution in [2.75, 3.05) is 0 Å². The number of rotatable bonds is 2. The number of aryl methyl sites for hydroxylation is 1. The maximum Gasteiger partial charge on any atom is 0.416 e. The number of hydrogen-bond acceptors (Lipinski definition) is 1. The van der Waals surface area contributed by atoms with E-state index in [1.165, 1.54) is 12.1 Å². The Kier molecular flexibility index (Phi) is 2.92. The molecule has 0 aliphatic carbocycles. The second-order valence-electron chi connectivity index (χ2n) is 3.67. The Hall–Kier alpha value is -1.78. The third kappa shape index (κ3) is 2.49. The SMILES string of the molecule is CCc1ncc(-c2ccc(C(F)(F)F)cc2)[nH]1. The molecule has 0 radical (unpaired) electrons. The molecule has 2 aromatic rings. The van der Waals surface area contributed by atoms with Crippen molar-refractivity contribution in [3.8, 4) is 11.3 Å². The number of H-pyrrole nitrogens is 1. The summed E-state index contributed by atoms with van der Waals surface area (Å²) in [6.45, 7) is 1.95. The average Bonchev–Trinajstić information content (AvgIpc) is 2.76. The molecule has 0 bridgehead atoms. The fourth-order valence-electron chi connectivity index (χ4n) is 1.53. The third-order valence-corrected chi connectivity index (χ3v) is 2.49.